The van der Waals surface area contributed by atoms with Gasteiger partial charge in [-0.25, -0.2) is 0 Å². The first-order valence-electron chi connectivity index (χ1n) is 14.1. The van der Waals surface area contributed by atoms with Crippen LogP contribution in [0.2, 0.25) is 0 Å². The second-order valence-corrected chi connectivity index (χ2v) is 11.2. The number of fused-ring (bicyclic) bond motifs is 3. The molecule has 0 saturated carbocycles. The fourth-order valence-corrected chi connectivity index (χ4v) is 4.91. The Kier molecular flexibility index (Phi) is 9.21. The Balaban J connectivity index is 0.000000174. The molecule has 0 atom stereocenters. The average molecular weight is 734 g/mol. The summed E-state index contributed by atoms with van der Waals surface area (Å²) in [6.45, 7) is 6.62. The van der Waals surface area contributed by atoms with Crippen molar-refractivity contribution >= 4 is 21.5 Å². The predicted molar refractivity (Wildman–Crippen MR) is 174 cm³/mol. The van der Waals surface area contributed by atoms with E-state index in [2.05, 4.69) is 115 Å². The predicted octanol–water partition coefficient (Wildman–Crippen LogP) is 9.76. The van der Waals surface area contributed by atoms with Gasteiger partial charge in [0.15, 0.2) is 0 Å². The molecule has 0 unspecified atom stereocenters. The van der Waals surface area contributed by atoms with Gasteiger partial charge in [0.1, 0.15) is 0 Å². The van der Waals surface area contributed by atoms with E-state index >= 15 is 0 Å². The number of benzene rings is 4. The molecule has 7 aromatic rings. The maximum absolute atomic E-state index is 4.67. The number of hydrogen-bond donors (Lipinski definition) is 0. The average Bonchev–Trinajstić information content (AvgIpc) is 3.05. The van der Waals surface area contributed by atoms with Crippen molar-refractivity contribution in [3.63, 3.8) is 0 Å². The fourth-order valence-electron chi connectivity index (χ4n) is 4.91. The molecule has 3 nitrogen and oxygen atoms in total. The minimum Gasteiger partial charge on any atom is -0.305 e. The quantitative estimate of drug-likeness (QED) is 0.134. The molecule has 3 heterocycles. The Labute approximate surface area is 267 Å². The van der Waals surface area contributed by atoms with Crippen LogP contribution in [0.3, 0.4) is 0 Å². The Bertz CT molecular complexity index is 1890. The molecule has 0 aliphatic heterocycles. The molecule has 43 heavy (non-hydrogen) atoms. The van der Waals surface area contributed by atoms with E-state index in [-0.39, 0.29) is 25.5 Å². The van der Waals surface area contributed by atoms with Crippen LogP contribution in [-0.2, 0) is 25.5 Å². The van der Waals surface area contributed by atoms with E-state index in [1.807, 2.05) is 54.7 Å². The van der Waals surface area contributed by atoms with Crippen LogP contribution in [-0.4, -0.2) is 15.0 Å². The third-order valence-electron chi connectivity index (χ3n) is 7.28. The van der Waals surface area contributed by atoms with Gasteiger partial charge in [0.25, 0.3) is 0 Å². The zero-order valence-corrected chi connectivity index (χ0v) is 26.8. The number of nitrogens with zero attached hydrogens (tertiary/aromatic N) is 3. The van der Waals surface area contributed by atoms with Crippen LogP contribution >= 0.6 is 0 Å². The molecule has 3 aromatic heterocycles. The molecule has 0 spiro atoms. The maximum atomic E-state index is 4.67. The molecular formula is C39H31IrN3-2. The van der Waals surface area contributed by atoms with Gasteiger partial charge in [-0.05, 0) is 51.3 Å². The van der Waals surface area contributed by atoms with E-state index in [0.717, 1.165) is 33.8 Å². The van der Waals surface area contributed by atoms with E-state index in [4.69, 9.17) is 0 Å². The van der Waals surface area contributed by atoms with Crippen molar-refractivity contribution in [3.05, 3.63) is 152 Å². The van der Waals surface area contributed by atoms with Gasteiger partial charge in [-0.3, -0.25) is 4.98 Å². The molecule has 0 aliphatic rings. The Morgan fingerprint density at radius 1 is 0.558 bits per heavy atom. The van der Waals surface area contributed by atoms with Crippen LogP contribution in [0.5, 0.6) is 0 Å². The van der Waals surface area contributed by atoms with Crippen LogP contribution in [0, 0.1) is 12.1 Å². The second-order valence-electron chi connectivity index (χ2n) is 11.2. The maximum Gasteiger partial charge on any atom is 0.0518 e. The van der Waals surface area contributed by atoms with Crippen molar-refractivity contribution in [2.45, 2.75) is 26.2 Å². The summed E-state index contributed by atoms with van der Waals surface area (Å²) in [7, 11) is 0. The molecule has 4 heteroatoms. The molecule has 0 saturated heterocycles. The Hall–Kier alpha value is -4.50. The third-order valence-corrected chi connectivity index (χ3v) is 7.28. The molecule has 0 N–H and O–H groups in total. The molecule has 0 aliphatic carbocycles. The first kappa shape index (κ1) is 30.0. The first-order chi connectivity index (χ1) is 20.5. The van der Waals surface area contributed by atoms with Gasteiger partial charge in [-0.15, -0.1) is 53.6 Å². The van der Waals surface area contributed by atoms with E-state index in [9.17, 15) is 0 Å². The van der Waals surface area contributed by atoms with Crippen molar-refractivity contribution in [1.82, 2.24) is 15.0 Å². The zero-order valence-electron chi connectivity index (χ0n) is 24.4. The third kappa shape index (κ3) is 6.94. The summed E-state index contributed by atoms with van der Waals surface area (Å²) in [6.07, 6.45) is 5.57. The Morgan fingerprint density at radius 2 is 1.23 bits per heavy atom. The number of aromatic nitrogens is 3. The summed E-state index contributed by atoms with van der Waals surface area (Å²) in [5, 5.41) is 5.00. The summed E-state index contributed by atoms with van der Waals surface area (Å²) >= 11 is 0. The van der Waals surface area contributed by atoms with Gasteiger partial charge in [-0.2, -0.15) is 0 Å². The Morgan fingerprint density at radius 3 is 1.93 bits per heavy atom. The van der Waals surface area contributed by atoms with Gasteiger partial charge in [0, 0.05) is 38.7 Å². The minimum absolute atomic E-state index is 0. The molecular weight excluding hydrogens is 703 g/mol. The molecule has 0 amide bonds. The van der Waals surface area contributed by atoms with E-state index in [1.54, 1.807) is 12.4 Å². The van der Waals surface area contributed by atoms with Crippen LogP contribution in [0.25, 0.3) is 55.3 Å². The molecule has 0 fully saturated rings. The summed E-state index contributed by atoms with van der Waals surface area (Å²) in [4.78, 5) is 13.4. The van der Waals surface area contributed by atoms with Crippen molar-refractivity contribution in [2.75, 3.05) is 0 Å². The van der Waals surface area contributed by atoms with Gasteiger partial charge < -0.3 is 9.97 Å². The minimum atomic E-state index is 0. The molecule has 4 aromatic carbocycles. The van der Waals surface area contributed by atoms with E-state index in [1.165, 1.54) is 27.1 Å². The van der Waals surface area contributed by atoms with Gasteiger partial charge in [0.2, 0.25) is 0 Å². The number of hydrogen-bond acceptors (Lipinski definition) is 3. The van der Waals surface area contributed by atoms with E-state index < -0.39 is 0 Å². The summed E-state index contributed by atoms with van der Waals surface area (Å²) in [6, 6.07) is 45.7. The first-order valence-corrected chi connectivity index (χ1v) is 14.1. The van der Waals surface area contributed by atoms with Gasteiger partial charge in [-0.1, -0.05) is 104 Å². The van der Waals surface area contributed by atoms with Crippen LogP contribution < -0.4 is 0 Å². The summed E-state index contributed by atoms with van der Waals surface area (Å²) in [5.41, 5.74) is 7.33. The van der Waals surface area contributed by atoms with Crippen LogP contribution in [0.15, 0.2) is 134 Å². The van der Waals surface area contributed by atoms with Crippen molar-refractivity contribution in [1.29, 1.82) is 0 Å². The van der Waals surface area contributed by atoms with E-state index in [0.29, 0.717) is 0 Å². The van der Waals surface area contributed by atoms with Crippen molar-refractivity contribution < 1.29 is 20.1 Å². The summed E-state index contributed by atoms with van der Waals surface area (Å²) < 4.78 is 0. The molecule has 213 valence electrons. The topological polar surface area (TPSA) is 38.7 Å². The SMILES string of the molecule is CC(C)(C)c1ccc(-c2[c-]cc3ccc4ccccc4c3c2)nc1.[Ir].[c-]1ccc(-c2ccccn2)cc1-c1ccccn1. The zero-order chi connectivity index (χ0) is 28.9. The normalized spacial score (nSPS) is 11.0. The molecule has 0 bridgehead atoms. The van der Waals surface area contributed by atoms with Crippen LogP contribution in [0.1, 0.15) is 26.3 Å². The van der Waals surface area contributed by atoms with Crippen molar-refractivity contribution in [2.24, 2.45) is 0 Å². The van der Waals surface area contributed by atoms with Crippen molar-refractivity contribution in [3.8, 4) is 33.8 Å². The number of pyridine rings is 3. The van der Waals surface area contributed by atoms with Gasteiger partial charge in [0.05, 0.1) is 5.69 Å². The smallest absolute Gasteiger partial charge is 0.0518 e. The second kappa shape index (κ2) is 13.2. The molecule has 1 radical (unpaired) electrons. The standard InChI is InChI=1S/C23H20N.C16H11N2.Ir/c1-23(2,3)19-12-13-22(24-15-19)18-11-10-17-9-8-16-6-4-5-7-20(16)21(17)14-18;1-3-10-17-15(8-1)13-6-5-7-14(12-13)16-9-2-4-11-18-16;/h4-10,12-15H,1-3H3;1-6,8-12H;/q2*-1;. The van der Waals surface area contributed by atoms with Gasteiger partial charge >= 0.3 is 0 Å². The monoisotopic (exact) mass is 734 g/mol. The molecule has 7 rings (SSSR count). The largest absolute Gasteiger partial charge is 0.305 e. The van der Waals surface area contributed by atoms with Crippen LogP contribution in [0.4, 0.5) is 0 Å². The number of rotatable bonds is 3. The fraction of sp³-hybridized carbons (Fsp3) is 0.103. The summed E-state index contributed by atoms with van der Waals surface area (Å²) in [5.74, 6) is 0.